The minimum atomic E-state index is -0.0525. The van der Waals surface area contributed by atoms with Gasteiger partial charge in [0.05, 0.1) is 0 Å². The maximum Gasteiger partial charge on any atom is 0.251 e. The summed E-state index contributed by atoms with van der Waals surface area (Å²) in [5.41, 5.74) is 3.74. The van der Waals surface area contributed by atoms with Gasteiger partial charge in [-0.3, -0.25) is 19.6 Å². The molecule has 11 heteroatoms. The van der Waals surface area contributed by atoms with Crippen LogP contribution in [-0.4, -0.2) is 56.8 Å². The number of carbonyl (C=O) groups excluding carboxylic acids is 2. The van der Waals surface area contributed by atoms with Gasteiger partial charge in [0.15, 0.2) is 0 Å². The van der Waals surface area contributed by atoms with Crippen LogP contribution in [0.2, 0.25) is 0 Å². The summed E-state index contributed by atoms with van der Waals surface area (Å²) in [6, 6.07) is 27.0. The van der Waals surface area contributed by atoms with Gasteiger partial charge in [0.2, 0.25) is 0 Å². The van der Waals surface area contributed by atoms with Crippen LogP contribution in [0.25, 0.3) is 0 Å². The normalized spacial score (nSPS) is 8.62. The predicted octanol–water partition coefficient (Wildman–Crippen LogP) is 0.807. The molecule has 0 aliphatic heterocycles. The average molecular weight is 588 g/mol. The van der Waals surface area contributed by atoms with Crippen molar-refractivity contribution in [2.24, 2.45) is 0 Å². The summed E-state index contributed by atoms with van der Waals surface area (Å²) in [6.45, 7) is 1.29. The first kappa shape index (κ1) is 39.6. The number of hydrogen-bond donors (Lipinski definition) is 2. The van der Waals surface area contributed by atoms with Crippen molar-refractivity contribution in [2.45, 2.75) is 12.8 Å². The average Bonchev–Trinajstić information content (AvgIpc) is 2.91. The molecule has 0 fully saturated rings. The molecule has 215 valence electrons. The first-order chi connectivity index (χ1) is 16.7. The van der Waals surface area contributed by atoms with Gasteiger partial charge in [0, 0.05) is 66.1 Å². The van der Waals surface area contributed by atoms with Gasteiger partial charge in [-0.1, -0.05) is 60.7 Å². The van der Waals surface area contributed by atoms with Crippen LogP contribution in [0.15, 0.2) is 110 Å². The van der Waals surface area contributed by atoms with Crippen molar-refractivity contribution in [1.82, 2.24) is 20.6 Å². The van der Waals surface area contributed by atoms with Crippen molar-refractivity contribution in [3.8, 4) is 0 Å². The number of aromatic nitrogens is 2. The van der Waals surface area contributed by atoms with Gasteiger partial charge in [0.25, 0.3) is 11.8 Å². The fourth-order valence-corrected chi connectivity index (χ4v) is 3.14. The van der Waals surface area contributed by atoms with Crippen LogP contribution in [-0.2, 0) is 29.9 Å². The topological polar surface area (TPSA) is 210 Å². The number of nitrogens with zero attached hydrogens (tertiary/aromatic N) is 2. The molecule has 1 radical (unpaired) electrons. The van der Waals surface area contributed by atoms with Crippen LogP contribution in [0.1, 0.15) is 31.8 Å². The van der Waals surface area contributed by atoms with E-state index in [4.69, 9.17) is 0 Å². The van der Waals surface area contributed by atoms with Gasteiger partial charge < -0.3 is 32.5 Å². The molecule has 0 saturated heterocycles. The van der Waals surface area contributed by atoms with E-state index in [1.807, 2.05) is 36.4 Å². The molecule has 0 saturated carbocycles. The number of amides is 2. The van der Waals surface area contributed by atoms with E-state index >= 15 is 0 Å². The fraction of sp³-hybridized carbons (Fsp3) is 0.143. The molecule has 2 aromatic heterocycles. The van der Waals surface area contributed by atoms with E-state index in [9.17, 15) is 9.59 Å². The Hall–Kier alpha value is -3.96. The van der Waals surface area contributed by atoms with Crippen molar-refractivity contribution in [1.29, 1.82) is 0 Å². The summed E-state index contributed by atoms with van der Waals surface area (Å²) in [4.78, 5) is 31.1. The Bertz CT molecular complexity index is 1050. The van der Waals surface area contributed by atoms with Crippen molar-refractivity contribution < 1.29 is 48.6 Å². The van der Waals surface area contributed by atoms with Gasteiger partial charge in [0.1, 0.15) is 0 Å². The summed E-state index contributed by atoms with van der Waals surface area (Å²) in [6.07, 6.45) is 8.16. The molecule has 0 aliphatic carbocycles. The van der Waals surface area contributed by atoms with Crippen molar-refractivity contribution in [3.63, 3.8) is 0 Å². The maximum absolute atomic E-state index is 11.7. The largest absolute Gasteiger partial charge is 0.412 e. The van der Waals surface area contributed by atoms with E-state index in [2.05, 4.69) is 44.9 Å². The second-order valence-electron chi connectivity index (χ2n) is 7.45. The van der Waals surface area contributed by atoms with Gasteiger partial charge in [-0.15, -0.1) is 0 Å². The van der Waals surface area contributed by atoms with Crippen LogP contribution < -0.4 is 10.6 Å². The Balaban J connectivity index is -0.000000589. The van der Waals surface area contributed by atoms with E-state index < -0.39 is 0 Å². The first-order valence-electron chi connectivity index (χ1n) is 11.2. The van der Waals surface area contributed by atoms with E-state index in [0.29, 0.717) is 24.2 Å². The zero-order valence-corrected chi connectivity index (χ0v) is 22.2. The Labute approximate surface area is 238 Å². The quantitative estimate of drug-likeness (QED) is 0.286. The molecule has 2 aromatic carbocycles. The first-order valence-corrected chi connectivity index (χ1v) is 11.2. The third kappa shape index (κ3) is 15.1. The number of rotatable bonds is 8. The second kappa shape index (κ2) is 23.2. The molecule has 0 atom stereocenters. The summed E-state index contributed by atoms with van der Waals surface area (Å²) < 4.78 is 0. The summed E-state index contributed by atoms with van der Waals surface area (Å²) >= 11 is 0. The van der Waals surface area contributed by atoms with Gasteiger partial charge >= 0.3 is 0 Å². The molecule has 2 amide bonds. The molecule has 10 nitrogen and oxygen atoms in total. The number of benzene rings is 2. The van der Waals surface area contributed by atoms with Crippen LogP contribution in [0.5, 0.6) is 0 Å². The van der Waals surface area contributed by atoms with E-state index in [-0.39, 0.29) is 50.8 Å². The molecular weight excluding hydrogens is 552 g/mol. The number of carbonyl (C=O) groups is 2. The van der Waals surface area contributed by atoms with Crippen LogP contribution in [0.4, 0.5) is 0 Å². The molecule has 4 rings (SSSR count). The SMILES string of the molecule is O.O.O.O.O=C(NCCc1ccccc1)c1ccncc1.O=C(NCCc1ccccc1)c1ccncc1.[Cu]. The zero-order valence-electron chi connectivity index (χ0n) is 21.2. The molecule has 39 heavy (non-hydrogen) atoms. The fourth-order valence-electron chi connectivity index (χ4n) is 3.14. The standard InChI is InChI=1S/2C14H14N2O.Cu.4H2O/c2*17-14(13-7-9-15-10-8-13)16-11-6-12-4-2-1-3-5-12;;;;;/h2*1-5,7-10H,6,11H2,(H,16,17);;4*1H2. The third-order valence-corrected chi connectivity index (χ3v) is 4.97. The Kier molecular flexibility index (Phi) is 23.5. The summed E-state index contributed by atoms with van der Waals surface area (Å²) in [5.74, 6) is -0.105. The van der Waals surface area contributed by atoms with E-state index in [1.165, 1.54) is 11.1 Å². The third-order valence-electron chi connectivity index (χ3n) is 4.97. The monoisotopic (exact) mass is 587 g/mol. The number of pyridine rings is 2. The van der Waals surface area contributed by atoms with Crippen LogP contribution in [0.3, 0.4) is 0 Å². The van der Waals surface area contributed by atoms with Crippen LogP contribution >= 0.6 is 0 Å². The van der Waals surface area contributed by atoms with E-state index in [0.717, 1.165) is 12.8 Å². The van der Waals surface area contributed by atoms with Gasteiger partial charge in [-0.25, -0.2) is 0 Å². The smallest absolute Gasteiger partial charge is 0.251 e. The molecule has 10 N–H and O–H groups in total. The molecule has 0 aliphatic rings. The van der Waals surface area contributed by atoms with Gasteiger partial charge in [-0.05, 0) is 48.2 Å². The molecule has 2 heterocycles. The maximum atomic E-state index is 11.7. The van der Waals surface area contributed by atoms with E-state index in [1.54, 1.807) is 49.1 Å². The minimum absolute atomic E-state index is 0. The Morgan fingerprint density at radius 1 is 0.513 bits per heavy atom. The minimum Gasteiger partial charge on any atom is -0.412 e. The zero-order chi connectivity index (χ0) is 23.8. The molecule has 0 spiro atoms. The summed E-state index contributed by atoms with van der Waals surface area (Å²) in [5, 5.41) is 5.76. The molecule has 0 unspecified atom stereocenters. The Morgan fingerprint density at radius 3 is 1.13 bits per heavy atom. The molecule has 0 bridgehead atoms. The number of nitrogens with one attached hydrogen (secondary N) is 2. The van der Waals surface area contributed by atoms with Crippen molar-refractivity contribution >= 4 is 11.8 Å². The molecule has 4 aromatic rings. The predicted molar refractivity (Wildman–Crippen MR) is 148 cm³/mol. The molecular formula is C28H36CuN4O6. The van der Waals surface area contributed by atoms with Crippen LogP contribution in [0, 0.1) is 0 Å². The second-order valence-corrected chi connectivity index (χ2v) is 7.45. The summed E-state index contributed by atoms with van der Waals surface area (Å²) in [7, 11) is 0. The van der Waals surface area contributed by atoms with Crippen molar-refractivity contribution in [2.75, 3.05) is 13.1 Å². The Morgan fingerprint density at radius 2 is 0.821 bits per heavy atom. The van der Waals surface area contributed by atoms with Crippen molar-refractivity contribution in [3.05, 3.63) is 132 Å². The van der Waals surface area contributed by atoms with Gasteiger partial charge in [-0.2, -0.15) is 0 Å². The number of hydrogen-bond acceptors (Lipinski definition) is 4.